The molecule has 94 valence electrons. The van der Waals surface area contributed by atoms with Crippen LogP contribution in [0.5, 0.6) is 0 Å². The lowest BCUT2D eigenvalue weighted by Gasteiger charge is -2.59. The molecule has 0 spiro atoms. The van der Waals surface area contributed by atoms with Crippen molar-refractivity contribution in [3.05, 3.63) is 11.9 Å². The maximum absolute atomic E-state index is 13.4. The molecule has 0 aromatic carbocycles. The molecule has 0 aliphatic heterocycles. The third-order valence-corrected chi connectivity index (χ3v) is 5.54. The Labute approximate surface area is 101 Å². The van der Waals surface area contributed by atoms with Crippen LogP contribution in [0.2, 0.25) is 0 Å². The van der Waals surface area contributed by atoms with E-state index in [1.54, 1.807) is 0 Å². The van der Waals surface area contributed by atoms with Gasteiger partial charge in [0.15, 0.2) is 0 Å². The van der Waals surface area contributed by atoms with Gasteiger partial charge >= 0.3 is 5.97 Å². The topological polar surface area (TPSA) is 37.3 Å². The molecular weight excluding hydrogens is 219 g/mol. The molecule has 17 heavy (non-hydrogen) atoms. The van der Waals surface area contributed by atoms with Gasteiger partial charge in [-0.2, -0.15) is 4.39 Å². The number of halogens is 1. The molecule has 0 radical (unpaired) electrons. The molecule has 0 atom stereocenters. The van der Waals surface area contributed by atoms with Crippen LogP contribution in [0, 0.1) is 29.1 Å². The van der Waals surface area contributed by atoms with E-state index in [9.17, 15) is 9.18 Å². The largest absolute Gasteiger partial charge is 0.476 e. The van der Waals surface area contributed by atoms with Gasteiger partial charge in [0.2, 0.25) is 5.83 Å². The van der Waals surface area contributed by atoms with E-state index in [-0.39, 0.29) is 5.41 Å². The van der Waals surface area contributed by atoms with E-state index >= 15 is 0 Å². The highest BCUT2D eigenvalue weighted by molar-refractivity contribution is 5.84. The van der Waals surface area contributed by atoms with E-state index in [2.05, 4.69) is 6.92 Å². The van der Waals surface area contributed by atoms with Crippen molar-refractivity contribution in [3.8, 4) is 0 Å². The van der Waals surface area contributed by atoms with Crippen molar-refractivity contribution < 1.29 is 14.3 Å². The molecule has 4 bridgehead atoms. The van der Waals surface area contributed by atoms with Gasteiger partial charge in [-0.25, -0.2) is 4.79 Å². The molecule has 0 unspecified atom stereocenters. The van der Waals surface area contributed by atoms with Crippen molar-refractivity contribution in [1.29, 1.82) is 0 Å². The van der Waals surface area contributed by atoms with Gasteiger partial charge in [-0.1, -0.05) is 6.92 Å². The van der Waals surface area contributed by atoms with E-state index in [1.807, 2.05) is 0 Å². The van der Waals surface area contributed by atoms with Crippen LogP contribution in [0.25, 0.3) is 0 Å². The Morgan fingerprint density at radius 1 is 1.18 bits per heavy atom. The number of carbonyl (C=O) groups is 1. The lowest BCUT2D eigenvalue weighted by Crippen LogP contribution is -2.50. The Morgan fingerprint density at radius 3 is 2.06 bits per heavy atom. The Hall–Kier alpha value is -0.860. The average Bonchev–Trinajstić information content (AvgIpc) is 2.25. The molecule has 4 aliphatic rings. The second-order valence-electron chi connectivity index (χ2n) is 6.47. The minimum Gasteiger partial charge on any atom is -0.476 e. The van der Waals surface area contributed by atoms with Crippen LogP contribution in [0.3, 0.4) is 0 Å². The molecule has 2 nitrogen and oxygen atoms in total. The van der Waals surface area contributed by atoms with Gasteiger partial charge in [-0.15, -0.1) is 0 Å². The van der Waals surface area contributed by atoms with Crippen molar-refractivity contribution in [3.63, 3.8) is 0 Å². The minimum atomic E-state index is -1.42. The van der Waals surface area contributed by atoms with E-state index < -0.39 is 11.8 Å². The SMILES string of the molecule is CC1(C=C(F)C(=O)O)C2CC3CC(C2)CC1C3. The van der Waals surface area contributed by atoms with Gasteiger partial charge in [0.1, 0.15) is 0 Å². The van der Waals surface area contributed by atoms with Crippen molar-refractivity contribution in [1.82, 2.24) is 0 Å². The first-order chi connectivity index (χ1) is 7.99. The van der Waals surface area contributed by atoms with Gasteiger partial charge < -0.3 is 5.11 Å². The fourth-order valence-corrected chi connectivity index (χ4v) is 4.77. The van der Waals surface area contributed by atoms with Crippen LogP contribution >= 0.6 is 0 Å². The van der Waals surface area contributed by atoms with Crippen LogP contribution in [0.1, 0.15) is 39.0 Å². The standard InChI is InChI=1S/C14H19FO2/c1-14(7-12(15)13(16)17)10-3-8-2-9(5-10)6-11(14)4-8/h7-11H,2-6H2,1H3,(H,16,17). The first-order valence-electron chi connectivity index (χ1n) is 6.60. The smallest absolute Gasteiger partial charge is 0.364 e. The molecule has 0 heterocycles. The van der Waals surface area contributed by atoms with E-state index in [4.69, 9.17) is 5.11 Å². The number of hydrogen-bond donors (Lipinski definition) is 1. The summed E-state index contributed by atoms with van der Waals surface area (Å²) in [5.74, 6) is 0.284. The third-order valence-electron chi connectivity index (χ3n) is 5.54. The van der Waals surface area contributed by atoms with E-state index in [0.29, 0.717) is 11.8 Å². The number of carboxylic acid groups (broad SMARTS) is 1. The van der Waals surface area contributed by atoms with E-state index in [1.165, 1.54) is 38.2 Å². The fraction of sp³-hybridized carbons (Fsp3) is 0.786. The molecule has 4 fully saturated rings. The quantitative estimate of drug-likeness (QED) is 0.749. The highest BCUT2D eigenvalue weighted by Crippen LogP contribution is 2.62. The molecule has 4 saturated carbocycles. The zero-order valence-corrected chi connectivity index (χ0v) is 10.2. The normalized spacial score (nSPS) is 48.5. The Morgan fingerprint density at radius 2 is 1.65 bits per heavy atom. The predicted molar refractivity (Wildman–Crippen MR) is 62.0 cm³/mol. The van der Waals surface area contributed by atoms with Crippen LogP contribution in [-0.2, 0) is 4.79 Å². The van der Waals surface area contributed by atoms with Crippen molar-refractivity contribution in [2.24, 2.45) is 29.1 Å². The monoisotopic (exact) mass is 238 g/mol. The van der Waals surface area contributed by atoms with Gasteiger partial charge in [-0.05, 0) is 67.3 Å². The molecule has 4 rings (SSSR count). The van der Waals surface area contributed by atoms with E-state index in [0.717, 1.165) is 11.8 Å². The number of aliphatic carboxylic acids is 1. The molecule has 4 aliphatic carbocycles. The van der Waals surface area contributed by atoms with Gasteiger partial charge in [0.25, 0.3) is 0 Å². The predicted octanol–water partition coefficient (Wildman–Crippen LogP) is 3.39. The Balaban J connectivity index is 1.92. The molecule has 0 aromatic rings. The summed E-state index contributed by atoms with van der Waals surface area (Å²) >= 11 is 0. The van der Waals surface area contributed by atoms with Gasteiger partial charge in [0.05, 0.1) is 0 Å². The van der Waals surface area contributed by atoms with Crippen LogP contribution < -0.4 is 0 Å². The molecule has 3 heteroatoms. The molecule has 0 saturated heterocycles. The van der Waals surface area contributed by atoms with Crippen molar-refractivity contribution in [2.75, 3.05) is 0 Å². The zero-order chi connectivity index (χ0) is 12.2. The highest BCUT2D eigenvalue weighted by Gasteiger charge is 2.54. The summed E-state index contributed by atoms with van der Waals surface area (Å²) < 4.78 is 13.4. The summed E-state index contributed by atoms with van der Waals surface area (Å²) in [5.41, 5.74) is -0.212. The zero-order valence-electron chi connectivity index (χ0n) is 10.2. The first kappa shape index (κ1) is 11.2. The lowest BCUT2D eigenvalue weighted by atomic mass is 9.46. The van der Waals surface area contributed by atoms with Crippen LogP contribution in [-0.4, -0.2) is 11.1 Å². The number of carboxylic acids is 1. The summed E-state index contributed by atoms with van der Waals surface area (Å²) in [7, 11) is 0. The Bertz CT molecular complexity index is 358. The lowest BCUT2D eigenvalue weighted by molar-refractivity contribution is -0.134. The second-order valence-corrected chi connectivity index (χ2v) is 6.47. The fourth-order valence-electron chi connectivity index (χ4n) is 4.77. The van der Waals surface area contributed by atoms with Crippen LogP contribution in [0.4, 0.5) is 4.39 Å². The first-order valence-corrected chi connectivity index (χ1v) is 6.60. The van der Waals surface area contributed by atoms with Gasteiger partial charge in [-0.3, -0.25) is 0 Å². The van der Waals surface area contributed by atoms with Crippen molar-refractivity contribution >= 4 is 5.97 Å². The summed E-state index contributed by atoms with van der Waals surface area (Å²) in [6, 6.07) is 0. The summed E-state index contributed by atoms with van der Waals surface area (Å²) in [6.07, 6.45) is 7.47. The molecular formula is C14H19FO2. The Kier molecular flexibility index (Phi) is 2.36. The summed E-state index contributed by atoms with van der Waals surface area (Å²) in [6.45, 7) is 2.07. The van der Waals surface area contributed by atoms with Crippen molar-refractivity contribution in [2.45, 2.75) is 39.0 Å². The maximum atomic E-state index is 13.4. The minimum absolute atomic E-state index is 0.212. The summed E-state index contributed by atoms with van der Waals surface area (Å²) in [4.78, 5) is 10.7. The average molecular weight is 238 g/mol. The third kappa shape index (κ3) is 1.62. The number of hydrogen-bond acceptors (Lipinski definition) is 1. The van der Waals surface area contributed by atoms with Crippen LogP contribution in [0.15, 0.2) is 11.9 Å². The molecule has 0 amide bonds. The second kappa shape index (κ2) is 3.56. The number of allylic oxidation sites excluding steroid dienone is 1. The highest BCUT2D eigenvalue weighted by atomic mass is 19.1. The number of rotatable bonds is 2. The van der Waals surface area contributed by atoms with Gasteiger partial charge in [0, 0.05) is 0 Å². The maximum Gasteiger partial charge on any atom is 0.364 e. The molecule has 0 aromatic heterocycles. The summed E-state index contributed by atoms with van der Waals surface area (Å²) in [5, 5.41) is 8.71. The molecule has 1 N–H and O–H groups in total.